The average molecular weight is 421 g/mol. The van der Waals surface area contributed by atoms with Gasteiger partial charge in [-0.25, -0.2) is 0 Å². The van der Waals surface area contributed by atoms with Crippen molar-refractivity contribution in [2.75, 3.05) is 6.54 Å². The molecule has 0 aromatic carbocycles. The first kappa shape index (κ1) is 28.4. The molecule has 0 aliphatic rings. The summed E-state index contributed by atoms with van der Waals surface area (Å²) < 4.78 is 0. The number of nitrogens with zero attached hydrogens (tertiary/aromatic N) is 1. The molecule has 0 rings (SSSR count). The van der Waals surface area contributed by atoms with E-state index in [2.05, 4.69) is 25.5 Å². The van der Waals surface area contributed by atoms with E-state index in [1.807, 2.05) is 0 Å². The number of carbonyl (C=O) groups excluding carboxylic acids is 2. The molecule has 0 aromatic rings. The van der Waals surface area contributed by atoms with Gasteiger partial charge in [-0.15, -0.1) is 0 Å². The van der Waals surface area contributed by atoms with Crippen LogP contribution in [0.5, 0.6) is 0 Å². The van der Waals surface area contributed by atoms with Gasteiger partial charge in [0.25, 0.3) is 11.8 Å². The van der Waals surface area contributed by atoms with Crippen molar-refractivity contribution < 1.29 is 9.59 Å². The molecule has 0 atom stereocenters. The highest BCUT2D eigenvalue weighted by Crippen LogP contribution is 2.14. The molecule has 0 bridgehead atoms. The smallest absolute Gasteiger partial charge is 0.267 e. The molecule has 4 nitrogen and oxygen atoms in total. The summed E-state index contributed by atoms with van der Waals surface area (Å²) in [5.41, 5.74) is 3.45. The molecule has 0 aliphatic heterocycles. The molecule has 0 radical (unpaired) electrons. The quantitative estimate of drug-likeness (QED) is 0.136. The number of amides is 2. The normalized spacial score (nSPS) is 10.6. The fourth-order valence-corrected chi connectivity index (χ4v) is 3.47. The monoisotopic (exact) mass is 420 g/mol. The van der Waals surface area contributed by atoms with Crippen molar-refractivity contribution in [3.8, 4) is 0 Å². The Morgan fingerprint density at radius 2 is 1.00 bits per heavy atom. The van der Waals surface area contributed by atoms with Crippen LogP contribution in [0.15, 0.2) is 24.3 Å². The lowest BCUT2D eigenvalue weighted by Gasteiger charge is -2.23. The van der Waals surface area contributed by atoms with E-state index >= 15 is 0 Å². The van der Waals surface area contributed by atoms with Gasteiger partial charge in [0.15, 0.2) is 0 Å². The van der Waals surface area contributed by atoms with E-state index in [9.17, 15) is 9.59 Å². The van der Waals surface area contributed by atoms with Gasteiger partial charge in [-0.05, 0) is 20.3 Å². The number of unbranched alkanes of at least 4 members (excludes halogenated alkanes) is 15. The van der Waals surface area contributed by atoms with E-state index in [0.29, 0.717) is 17.7 Å². The fourth-order valence-electron chi connectivity index (χ4n) is 3.47. The predicted octanol–water partition coefficient (Wildman–Crippen LogP) is 7.26. The molecule has 0 aromatic heterocycles. The van der Waals surface area contributed by atoms with Crippen LogP contribution >= 0.6 is 0 Å². The van der Waals surface area contributed by atoms with Gasteiger partial charge in [0.05, 0.1) is 0 Å². The first-order valence-corrected chi connectivity index (χ1v) is 12.3. The number of hydrogen-bond donors (Lipinski definition) is 1. The summed E-state index contributed by atoms with van der Waals surface area (Å²) in [6.07, 6.45) is 21.0. The third kappa shape index (κ3) is 16.2. The molecule has 0 heterocycles. The highest BCUT2D eigenvalue weighted by atomic mass is 16.2. The third-order valence-corrected chi connectivity index (χ3v) is 5.47. The standard InChI is InChI=1S/C26H48N2O2/c1-6-7-8-9-10-11-12-13-14-15-16-17-18-19-20-21-22-28(26(30)24(4)5)27-25(29)23(2)3/h2,4,6-22H2,1,3,5H3,(H,27,29). The van der Waals surface area contributed by atoms with Crippen LogP contribution in [-0.4, -0.2) is 23.4 Å². The molecule has 0 saturated heterocycles. The van der Waals surface area contributed by atoms with Crippen molar-refractivity contribution >= 4 is 11.8 Å². The van der Waals surface area contributed by atoms with E-state index in [-0.39, 0.29) is 11.8 Å². The van der Waals surface area contributed by atoms with Gasteiger partial charge < -0.3 is 0 Å². The second-order valence-electron chi connectivity index (χ2n) is 8.76. The Hall–Kier alpha value is -1.58. The SMILES string of the molecule is C=C(C)C(=O)NN(CCCCCCCCCCCCCCCCCC)C(=O)C(=C)C. The van der Waals surface area contributed by atoms with Gasteiger partial charge in [0, 0.05) is 17.7 Å². The lowest BCUT2D eigenvalue weighted by Crippen LogP contribution is -2.47. The predicted molar refractivity (Wildman–Crippen MR) is 129 cm³/mol. The van der Waals surface area contributed by atoms with E-state index in [1.165, 1.54) is 94.9 Å². The summed E-state index contributed by atoms with van der Waals surface area (Å²) in [5.74, 6) is -0.549. The molecule has 0 saturated carbocycles. The molecule has 2 amide bonds. The van der Waals surface area contributed by atoms with Crippen molar-refractivity contribution in [2.45, 2.75) is 124 Å². The number of carbonyl (C=O) groups is 2. The minimum absolute atomic E-state index is 0.231. The van der Waals surface area contributed by atoms with E-state index < -0.39 is 0 Å². The highest BCUT2D eigenvalue weighted by Gasteiger charge is 2.16. The minimum atomic E-state index is -0.318. The molecule has 1 N–H and O–H groups in total. The molecular formula is C26H48N2O2. The molecule has 174 valence electrons. The highest BCUT2D eigenvalue weighted by molar-refractivity contribution is 5.97. The Morgan fingerprint density at radius 1 is 0.633 bits per heavy atom. The second kappa shape index (κ2) is 19.4. The Bertz CT molecular complexity index is 499. The summed E-state index contributed by atoms with van der Waals surface area (Å²) in [4.78, 5) is 24.0. The van der Waals surface area contributed by atoms with Gasteiger partial charge in [-0.1, -0.05) is 116 Å². The van der Waals surface area contributed by atoms with Crippen molar-refractivity contribution in [2.24, 2.45) is 0 Å². The summed E-state index contributed by atoms with van der Waals surface area (Å²) in [5, 5.41) is 1.38. The zero-order valence-corrected chi connectivity index (χ0v) is 20.2. The van der Waals surface area contributed by atoms with Crippen molar-refractivity contribution in [1.82, 2.24) is 10.4 Å². The Morgan fingerprint density at radius 3 is 1.33 bits per heavy atom. The molecule has 0 fully saturated rings. The third-order valence-electron chi connectivity index (χ3n) is 5.47. The van der Waals surface area contributed by atoms with Crippen molar-refractivity contribution in [3.05, 3.63) is 24.3 Å². The Balaban J connectivity index is 3.63. The van der Waals surface area contributed by atoms with Gasteiger partial charge in [0.1, 0.15) is 0 Å². The molecular weight excluding hydrogens is 372 g/mol. The lowest BCUT2D eigenvalue weighted by atomic mass is 10.0. The van der Waals surface area contributed by atoms with Gasteiger partial charge in [-0.2, -0.15) is 0 Å². The maximum atomic E-state index is 12.2. The van der Waals surface area contributed by atoms with Gasteiger partial charge >= 0.3 is 0 Å². The number of hydrazine groups is 1. The fraction of sp³-hybridized carbons (Fsp3) is 0.769. The van der Waals surface area contributed by atoms with Crippen LogP contribution in [0.1, 0.15) is 124 Å². The minimum Gasteiger partial charge on any atom is -0.268 e. The zero-order chi connectivity index (χ0) is 22.6. The van der Waals surface area contributed by atoms with Crippen molar-refractivity contribution in [1.29, 1.82) is 0 Å². The molecule has 30 heavy (non-hydrogen) atoms. The van der Waals surface area contributed by atoms with E-state index in [1.54, 1.807) is 13.8 Å². The second-order valence-corrected chi connectivity index (χ2v) is 8.76. The summed E-state index contributed by atoms with van der Waals surface area (Å²) in [7, 11) is 0. The Labute approximate surface area is 186 Å². The van der Waals surface area contributed by atoms with Gasteiger partial charge in [0.2, 0.25) is 0 Å². The lowest BCUT2D eigenvalue weighted by molar-refractivity contribution is -0.137. The van der Waals surface area contributed by atoms with Crippen LogP contribution in [0.4, 0.5) is 0 Å². The number of hydrogen-bond acceptors (Lipinski definition) is 2. The summed E-state index contributed by atoms with van der Waals surface area (Å²) in [6.45, 7) is 13.4. The Kier molecular flexibility index (Phi) is 18.4. The molecule has 0 unspecified atom stereocenters. The molecule has 4 heteroatoms. The first-order chi connectivity index (χ1) is 14.4. The number of nitrogens with one attached hydrogen (secondary N) is 1. The van der Waals surface area contributed by atoms with E-state index in [0.717, 1.165) is 12.8 Å². The molecule has 0 aliphatic carbocycles. The van der Waals surface area contributed by atoms with Crippen LogP contribution < -0.4 is 5.43 Å². The van der Waals surface area contributed by atoms with Crippen molar-refractivity contribution in [3.63, 3.8) is 0 Å². The van der Waals surface area contributed by atoms with Crippen LogP contribution in [0.3, 0.4) is 0 Å². The number of rotatable bonds is 19. The largest absolute Gasteiger partial charge is 0.268 e. The van der Waals surface area contributed by atoms with Gasteiger partial charge in [-0.3, -0.25) is 20.0 Å². The maximum Gasteiger partial charge on any atom is 0.267 e. The van der Waals surface area contributed by atoms with Crippen LogP contribution in [-0.2, 0) is 9.59 Å². The summed E-state index contributed by atoms with van der Waals surface area (Å²) >= 11 is 0. The zero-order valence-electron chi connectivity index (χ0n) is 20.2. The van der Waals surface area contributed by atoms with E-state index in [4.69, 9.17) is 0 Å². The van der Waals surface area contributed by atoms with Crippen LogP contribution in [0, 0.1) is 0 Å². The van der Waals surface area contributed by atoms with Crippen LogP contribution in [0.25, 0.3) is 0 Å². The first-order valence-electron chi connectivity index (χ1n) is 12.3. The topological polar surface area (TPSA) is 49.4 Å². The average Bonchev–Trinajstić information content (AvgIpc) is 2.71. The van der Waals surface area contributed by atoms with Crippen LogP contribution in [0.2, 0.25) is 0 Å². The maximum absolute atomic E-state index is 12.2. The molecule has 0 spiro atoms. The summed E-state index contributed by atoms with van der Waals surface area (Å²) in [6, 6.07) is 0.